The lowest BCUT2D eigenvalue weighted by Gasteiger charge is -2.53. The number of aromatic hydroxyl groups is 1. The molecule has 0 unspecified atom stereocenters. The standard InChI is InChI=1S/C29H36N2O4/c1-34-25-9-7-20-14-27(25)35-26-13-19(5-8-24(26)32)6-10-28(33)30-23-18-31(17-22(20)23)21-15-29(16-21)11-3-2-4-12-29/h5,7-9,13-14,21-23,32H,2-4,6,10-12,15-18H2,1H3,(H,30,33)/t22-,23+/m0/s1. The van der Waals surface area contributed by atoms with Gasteiger partial charge in [-0.15, -0.1) is 0 Å². The molecule has 6 heteroatoms. The summed E-state index contributed by atoms with van der Waals surface area (Å²) in [6.07, 6.45) is 10.6. The molecule has 2 aliphatic heterocycles. The van der Waals surface area contributed by atoms with Gasteiger partial charge in [-0.2, -0.15) is 0 Å². The van der Waals surface area contributed by atoms with Gasteiger partial charge in [0.25, 0.3) is 0 Å². The van der Waals surface area contributed by atoms with Crippen molar-refractivity contribution >= 4 is 5.91 Å². The third-order valence-corrected chi connectivity index (χ3v) is 8.96. The summed E-state index contributed by atoms with van der Waals surface area (Å²) in [6.45, 7) is 1.84. The van der Waals surface area contributed by atoms with E-state index in [1.54, 1.807) is 13.2 Å². The van der Waals surface area contributed by atoms with Crippen molar-refractivity contribution in [2.24, 2.45) is 5.41 Å². The van der Waals surface area contributed by atoms with Gasteiger partial charge in [-0.1, -0.05) is 31.4 Å². The number of hydrogen-bond donors (Lipinski definition) is 2. The number of aryl methyl sites for hydroxylation is 1. The first-order valence-corrected chi connectivity index (χ1v) is 13.2. The lowest BCUT2D eigenvalue weighted by Crippen LogP contribution is -2.51. The average molecular weight is 477 g/mol. The quantitative estimate of drug-likeness (QED) is 0.628. The van der Waals surface area contributed by atoms with Gasteiger partial charge in [0.2, 0.25) is 5.91 Å². The first kappa shape index (κ1) is 22.7. The van der Waals surface area contributed by atoms with E-state index in [1.165, 1.54) is 44.9 Å². The number of nitrogens with zero attached hydrogens (tertiary/aromatic N) is 1. The number of carbonyl (C=O) groups excluding carboxylic acids is 1. The number of rotatable bonds is 2. The number of ether oxygens (including phenoxy) is 2. The molecule has 0 radical (unpaired) electrons. The van der Waals surface area contributed by atoms with E-state index in [9.17, 15) is 9.90 Å². The van der Waals surface area contributed by atoms with Crippen LogP contribution in [-0.2, 0) is 11.2 Å². The topological polar surface area (TPSA) is 71.0 Å². The predicted octanol–water partition coefficient (Wildman–Crippen LogP) is 5.14. The van der Waals surface area contributed by atoms with Crippen LogP contribution >= 0.6 is 0 Å². The van der Waals surface area contributed by atoms with Crippen LogP contribution in [0.25, 0.3) is 0 Å². The highest BCUT2D eigenvalue weighted by molar-refractivity contribution is 5.77. The van der Waals surface area contributed by atoms with Crippen LogP contribution in [-0.4, -0.2) is 48.2 Å². The van der Waals surface area contributed by atoms with E-state index in [2.05, 4.69) is 16.3 Å². The lowest BCUT2D eigenvalue weighted by molar-refractivity contribution is -0.121. The minimum absolute atomic E-state index is 0.0731. The molecule has 4 aliphatic rings. The van der Waals surface area contributed by atoms with Crippen molar-refractivity contribution in [3.8, 4) is 23.0 Å². The Kier molecular flexibility index (Phi) is 5.87. The molecule has 2 heterocycles. The summed E-state index contributed by atoms with van der Waals surface area (Å²) in [7, 11) is 1.63. The molecule has 2 aromatic carbocycles. The Hall–Kier alpha value is -2.73. The molecular weight excluding hydrogens is 440 g/mol. The van der Waals surface area contributed by atoms with Crippen molar-refractivity contribution in [3.63, 3.8) is 0 Å². The Balaban J connectivity index is 1.29. The SMILES string of the molecule is COc1ccc2cc1Oc1cc(ccc1O)CCC(=O)N[C@@H]1CN(C3CC4(CCCCC4)C3)C[C@@H]21. The summed E-state index contributed by atoms with van der Waals surface area (Å²) >= 11 is 0. The van der Waals surface area contributed by atoms with Crippen LogP contribution in [0.5, 0.6) is 23.0 Å². The summed E-state index contributed by atoms with van der Waals surface area (Å²) < 4.78 is 11.8. The highest BCUT2D eigenvalue weighted by atomic mass is 16.5. The van der Waals surface area contributed by atoms with Gasteiger partial charge in [-0.3, -0.25) is 9.69 Å². The van der Waals surface area contributed by atoms with Crippen molar-refractivity contribution in [2.75, 3.05) is 20.2 Å². The molecule has 6 rings (SSSR count). The fraction of sp³-hybridized carbons (Fsp3) is 0.552. The summed E-state index contributed by atoms with van der Waals surface area (Å²) in [5, 5.41) is 13.8. The maximum absolute atomic E-state index is 13.0. The molecule has 1 spiro atoms. The first-order valence-electron chi connectivity index (χ1n) is 13.2. The molecule has 35 heavy (non-hydrogen) atoms. The van der Waals surface area contributed by atoms with E-state index in [0.717, 1.165) is 24.2 Å². The monoisotopic (exact) mass is 476 g/mol. The van der Waals surface area contributed by atoms with Gasteiger partial charge < -0.3 is 19.9 Å². The Morgan fingerprint density at radius 1 is 1.03 bits per heavy atom. The number of amides is 1. The largest absolute Gasteiger partial charge is 0.504 e. The van der Waals surface area contributed by atoms with E-state index >= 15 is 0 Å². The molecule has 4 bridgehead atoms. The summed E-state index contributed by atoms with van der Waals surface area (Å²) in [5.41, 5.74) is 2.68. The molecule has 2 aromatic rings. The number of methoxy groups -OCH3 is 1. The molecular formula is C29H36N2O4. The van der Waals surface area contributed by atoms with Crippen molar-refractivity contribution in [1.29, 1.82) is 0 Å². The van der Waals surface area contributed by atoms with Crippen molar-refractivity contribution in [3.05, 3.63) is 47.5 Å². The molecule has 3 fully saturated rings. The van der Waals surface area contributed by atoms with Crippen LogP contribution in [0.3, 0.4) is 0 Å². The number of carbonyl (C=O) groups is 1. The second-order valence-corrected chi connectivity index (χ2v) is 11.2. The van der Waals surface area contributed by atoms with Gasteiger partial charge in [0.1, 0.15) is 0 Å². The van der Waals surface area contributed by atoms with Gasteiger partial charge >= 0.3 is 0 Å². The average Bonchev–Trinajstić information content (AvgIpc) is 3.26. The van der Waals surface area contributed by atoms with Crippen molar-refractivity contribution in [2.45, 2.75) is 75.8 Å². The van der Waals surface area contributed by atoms with E-state index in [4.69, 9.17) is 9.47 Å². The zero-order valence-corrected chi connectivity index (χ0v) is 20.6. The molecule has 2 N–H and O–H groups in total. The highest BCUT2D eigenvalue weighted by Crippen LogP contribution is 2.54. The van der Waals surface area contributed by atoms with Gasteiger partial charge in [-0.25, -0.2) is 0 Å². The molecule has 2 atom stereocenters. The zero-order valence-electron chi connectivity index (χ0n) is 20.6. The minimum Gasteiger partial charge on any atom is -0.504 e. The molecule has 2 aliphatic carbocycles. The van der Waals surface area contributed by atoms with Crippen LogP contribution in [0.1, 0.15) is 68.4 Å². The predicted molar refractivity (Wildman–Crippen MR) is 134 cm³/mol. The zero-order chi connectivity index (χ0) is 24.0. The van der Waals surface area contributed by atoms with Gasteiger partial charge in [0.15, 0.2) is 23.0 Å². The molecule has 2 saturated carbocycles. The Labute approximate surface area is 207 Å². The highest BCUT2D eigenvalue weighted by Gasteiger charge is 2.49. The van der Waals surface area contributed by atoms with Crippen LogP contribution in [0.4, 0.5) is 0 Å². The number of nitrogens with one attached hydrogen (secondary N) is 1. The maximum atomic E-state index is 13.0. The summed E-state index contributed by atoms with van der Waals surface area (Å²) in [4.78, 5) is 15.6. The number of benzene rings is 2. The normalized spacial score (nSPS) is 26.4. The second kappa shape index (κ2) is 9.05. The van der Waals surface area contributed by atoms with Crippen LogP contribution in [0, 0.1) is 5.41 Å². The third kappa shape index (κ3) is 4.37. The molecule has 1 saturated heterocycles. The van der Waals surface area contributed by atoms with Crippen LogP contribution in [0.2, 0.25) is 0 Å². The number of hydrogen-bond acceptors (Lipinski definition) is 5. The van der Waals surface area contributed by atoms with Gasteiger partial charge in [-0.05, 0) is 72.9 Å². The van der Waals surface area contributed by atoms with E-state index in [0.29, 0.717) is 41.5 Å². The molecule has 6 nitrogen and oxygen atoms in total. The molecule has 186 valence electrons. The Bertz CT molecular complexity index is 1100. The second-order valence-electron chi connectivity index (χ2n) is 11.2. The fourth-order valence-corrected chi connectivity index (χ4v) is 6.98. The van der Waals surface area contributed by atoms with E-state index in [1.807, 2.05) is 24.3 Å². The lowest BCUT2D eigenvalue weighted by atomic mass is 9.58. The molecule has 0 aromatic heterocycles. The number of phenols is 1. The smallest absolute Gasteiger partial charge is 0.220 e. The number of phenolic OH excluding ortho intramolecular Hbond substituents is 1. The van der Waals surface area contributed by atoms with Crippen molar-refractivity contribution in [1.82, 2.24) is 10.2 Å². The van der Waals surface area contributed by atoms with Crippen LogP contribution < -0.4 is 14.8 Å². The number of likely N-dealkylation sites (tertiary alicyclic amines) is 1. The van der Waals surface area contributed by atoms with E-state index < -0.39 is 0 Å². The van der Waals surface area contributed by atoms with Crippen LogP contribution in [0.15, 0.2) is 36.4 Å². The van der Waals surface area contributed by atoms with Gasteiger partial charge in [0.05, 0.1) is 7.11 Å². The molecule has 1 amide bonds. The van der Waals surface area contributed by atoms with Gasteiger partial charge in [0, 0.05) is 37.5 Å². The Morgan fingerprint density at radius 3 is 2.66 bits per heavy atom. The van der Waals surface area contributed by atoms with E-state index in [-0.39, 0.29) is 23.6 Å². The summed E-state index contributed by atoms with van der Waals surface area (Å²) in [5.74, 6) is 1.95. The Morgan fingerprint density at radius 2 is 1.86 bits per heavy atom. The fourth-order valence-electron chi connectivity index (χ4n) is 6.98. The first-order chi connectivity index (χ1) is 17.0. The van der Waals surface area contributed by atoms with Crippen molar-refractivity contribution < 1.29 is 19.4 Å². The summed E-state index contributed by atoms with van der Waals surface area (Å²) in [6, 6.07) is 12.0. The third-order valence-electron chi connectivity index (χ3n) is 8.96. The number of fused-ring (bicyclic) bond motifs is 6. The maximum Gasteiger partial charge on any atom is 0.220 e. The minimum atomic E-state index is 0.0731.